The Morgan fingerprint density at radius 3 is 2.74 bits per heavy atom. The number of hydrogen-bond donors (Lipinski definition) is 0. The lowest BCUT2D eigenvalue weighted by atomic mass is 9.97. The highest BCUT2D eigenvalue weighted by molar-refractivity contribution is 5.97. The summed E-state index contributed by atoms with van der Waals surface area (Å²) in [5.41, 5.74) is 1.68. The molecule has 1 aromatic carbocycles. The highest BCUT2D eigenvalue weighted by Crippen LogP contribution is 2.36. The van der Waals surface area contributed by atoms with Crippen LogP contribution >= 0.6 is 0 Å². The molecule has 3 rings (SSSR count). The highest BCUT2D eigenvalue weighted by atomic mass is 16.5. The molecule has 1 aromatic heterocycles. The predicted octanol–water partition coefficient (Wildman–Crippen LogP) is 1.92. The molecule has 0 saturated heterocycles. The van der Waals surface area contributed by atoms with Crippen molar-refractivity contribution in [3.8, 4) is 11.5 Å². The lowest BCUT2D eigenvalue weighted by Crippen LogP contribution is -2.39. The van der Waals surface area contributed by atoms with Crippen molar-refractivity contribution in [2.45, 2.75) is 19.4 Å². The van der Waals surface area contributed by atoms with Crippen LogP contribution in [-0.4, -0.2) is 72.7 Å². The number of methoxy groups -OCH3 is 2. The molecule has 0 fully saturated rings. The van der Waals surface area contributed by atoms with Gasteiger partial charge in [0.15, 0.2) is 11.5 Å². The van der Waals surface area contributed by atoms with Crippen molar-refractivity contribution in [3.63, 3.8) is 0 Å². The normalized spacial score (nSPS) is 13.8. The van der Waals surface area contributed by atoms with Crippen LogP contribution in [0.15, 0.2) is 30.9 Å². The fourth-order valence-electron chi connectivity index (χ4n) is 3.52. The minimum atomic E-state index is 0.0817. The van der Waals surface area contributed by atoms with E-state index in [1.807, 2.05) is 29.6 Å². The van der Waals surface area contributed by atoms with E-state index in [4.69, 9.17) is 9.47 Å². The van der Waals surface area contributed by atoms with E-state index in [9.17, 15) is 4.79 Å². The van der Waals surface area contributed by atoms with Gasteiger partial charge in [-0.3, -0.25) is 4.79 Å². The zero-order valence-corrected chi connectivity index (χ0v) is 16.4. The number of ether oxygens (including phenoxy) is 2. The first kappa shape index (κ1) is 19.2. The Hall–Kier alpha value is -2.54. The van der Waals surface area contributed by atoms with Crippen molar-refractivity contribution >= 4 is 5.91 Å². The molecule has 1 amide bonds. The van der Waals surface area contributed by atoms with Crippen molar-refractivity contribution in [1.82, 2.24) is 19.4 Å². The molecule has 0 N–H and O–H groups in total. The summed E-state index contributed by atoms with van der Waals surface area (Å²) < 4.78 is 12.9. The number of carbonyl (C=O) groups excluding carboxylic acids is 1. The molecule has 27 heavy (non-hydrogen) atoms. The van der Waals surface area contributed by atoms with Crippen LogP contribution in [0.3, 0.4) is 0 Å². The van der Waals surface area contributed by atoms with Gasteiger partial charge in [0.25, 0.3) is 5.91 Å². The average molecular weight is 372 g/mol. The van der Waals surface area contributed by atoms with Gasteiger partial charge in [-0.15, -0.1) is 0 Å². The second kappa shape index (κ2) is 8.90. The van der Waals surface area contributed by atoms with E-state index < -0.39 is 0 Å². The maximum atomic E-state index is 12.8. The maximum Gasteiger partial charge on any atom is 0.254 e. The van der Waals surface area contributed by atoms with Gasteiger partial charge in [-0.25, -0.2) is 4.98 Å². The zero-order valence-electron chi connectivity index (χ0n) is 16.4. The fourth-order valence-corrected chi connectivity index (χ4v) is 3.52. The third kappa shape index (κ3) is 4.42. The minimum absolute atomic E-state index is 0.0817. The Morgan fingerprint density at radius 1 is 1.19 bits per heavy atom. The SMILES string of the molecule is COc1ccc2c(c1OC)CCN(CCCN(C)CCn1ccnc1)C2=O. The number of imidazole rings is 1. The van der Waals surface area contributed by atoms with Gasteiger partial charge in [0, 0.05) is 49.7 Å². The summed E-state index contributed by atoms with van der Waals surface area (Å²) >= 11 is 0. The lowest BCUT2D eigenvalue weighted by molar-refractivity contribution is 0.0731. The van der Waals surface area contributed by atoms with Crippen LogP contribution in [0.5, 0.6) is 11.5 Å². The summed E-state index contributed by atoms with van der Waals surface area (Å²) in [6, 6.07) is 3.66. The van der Waals surface area contributed by atoms with Crippen molar-refractivity contribution in [3.05, 3.63) is 42.0 Å². The Morgan fingerprint density at radius 2 is 2.04 bits per heavy atom. The van der Waals surface area contributed by atoms with Crippen LogP contribution in [0.2, 0.25) is 0 Å². The van der Waals surface area contributed by atoms with Crippen molar-refractivity contribution in [2.24, 2.45) is 0 Å². The third-order valence-electron chi connectivity index (χ3n) is 5.06. The van der Waals surface area contributed by atoms with Crippen LogP contribution in [-0.2, 0) is 13.0 Å². The van der Waals surface area contributed by atoms with Gasteiger partial charge in [-0.05, 0) is 38.6 Å². The molecule has 2 heterocycles. The van der Waals surface area contributed by atoms with Crippen LogP contribution in [0.25, 0.3) is 0 Å². The van der Waals surface area contributed by atoms with Crippen molar-refractivity contribution in [2.75, 3.05) is 47.4 Å². The number of carbonyl (C=O) groups is 1. The number of likely N-dealkylation sites (N-methyl/N-ethyl adjacent to an activating group) is 1. The van der Waals surface area contributed by atoms with Gasteiger partial charge in [-0.2, -0.15) is 0 Å². The lowest BCUT2D eigenvalue weighted by Gasteiger charge is -2.30. The number of benzene rings is 1. The standard InChI is InChI=1S/C20H28N4O3/c1-22(13-14-23-12-8-21-15-23)9-4-10-24-11-7-16-17(20(24)25)5-6-18(26-2)19(16)27-3/h5-6,8,12,15H,4,7,9-11,13-14H2,1-3H3. The van der Waals surface area contributed by atoms with E-state index in [1.54, 1.807) is 20.4 Å². The molecule has 0 unspecified atom stereocenters. The summed E-state index contributed by atoms with van der Waals surface area (Å²) in [5, 5.41) is 0. The molecule has 7 heteroatoms. The molecular weight excluding hydrogens is 344 g/mol. The molecular formula is C20H28N4O3. The number of fused-ring (bicyclic) bond motifs is 1. The largest absolute Gasteiger partial charge is 0.493 e. The van der Waals surface area contributed by atoms with Crippen LogP contribution < -0.4 is 9.47 Å². The topological polar surface area (TPSA) is 59.8 Å². The van der Waals surface area contributed by atoms with Gasteiger partial charge < -0.3 is 23.8 Å². The number of amides is 1. The number of hydrogen-bond acceptors (Lipinski definition) is 5. The van der Waals surface area contributed by atoms with Gasteiger partial charge in [-0.1, -0.05) is 0 Å². The summed E-state index contributed by atoms with van der Waals surface area (Å²) in [6.45, 7) is 4.33. The Balaban J connectivity index is 1.52. The molecule has 7 nitrogen and oxygen atoms in total. The Bertz CT molecular complexity index is 761. The highest BCUT2D eigenvalue weighted by Gasteiger charge is 2.28. The van der Waals surface area contributed by atoms with Crippen molar-refractivity contribution in [1.29, 1.82) is 0 Å². The van der Waals surface area contributed by atoms with Gasteiger partial charge >= 0.3 is 0 Å². The average Bonchev–Trinajstić information content (AvgIpc) is 3.20. The molecule has 2 aromatic rings. The smallest absolute Gasteiger partial charge is 0.254 e. The summed E-state index contributed by atoms with van der Waals surface area (Å²) in [5.74, 6) is 1.44. The summed E-state index contributed by atoms with van der Waals surface area (Å²) in [4.78, 5) is 21.1. The van der Waals surface area contributed by atoms with Gasteiger partial charge in [0.05, 0.1) is 20.5 Å². The molecule has 0 spiro atoms. The van der Waals surface area contributed by atoms with Crippen LogP contribution in [0, 0.1) is 0 Å². The number of nitrogens with zero attached hydrogens (tertiary/aromatic N) is 4. The van der Waals surface area contributed by atoms with E-state index in [2.05, 4.69) is 21.5 Å². The van der Waals surface area contributed by atoms with Crippen LogP contribution in [0.4, 0.5) is 0 Å². The Kier molecular flexibility index (Phi) is 6.34. The van der Waals surface area contributed by atoms with E-state index in [1.165, 1.54) is 0 Å². The first-order valence-corrected chi connectivity index (χ1v) is 9.31. The molecule has 0 radical (unpaired) electrons. The van der Waals surface area contributed by atoms with E-state index in [-0.39, 0.29) is 5.91 Å². The molecule has 0 bridgehead atoms. The summed E-state index contributed by atoms with van der Waals surface area (Å²) in [7, 11) is 5.35. The zero-order chi connectivity index (χ0) is 19.2. The quantitative estimate of drug-likeness (QED) is 0.673. The minimum Gasteiger partial charge on any atom is -0.493 e. The molecule has 1 aliphatic heterocycles. The molecule has 1 aliphatic rings. The number of rotatable bonds is 9. The first-order valence-electron chi connectivity index (χ1n) is 9.31. The summed E-state index contributed by atoms with van der Waals surface area (Å²) in [6.07, 6.45) is 7.35. The van der Waals surface area contributed by atoms with Crippen molar-refractivity contribution < 1.29 is 14.3 Å². The Labute approximate surface area is 160 Å². The van der Waals surface area contributed by atoms with E-state index in [0.717, 1.165) is 50.1 Å². The second-order valence-corrected chi connectivity index (χ2v) is 6.83. The van der Waals surface area contributed by atoms with Gasteiger partial charge in [0.1, 0.15) is 0 Å². The maximum absolute atomic E-state index is 12.8. The molecule has 146 valence electrons. The van der Waals surface area contributed by atoms with E-state index in [0.29, 0.717) is 18.0 Å². The predicted molar refractivity (Wildman–Crippen MR) is 103 cm³/mol. The second-order valence-electron chi connectivity index (χ2n) is 6.83. The van der Waals surface area contributed by atoms with E-state index >= 15 is 0 Å². The fraction of sp³-hybridized carbons (Fsp3) is 0.500. The monoisotopic (exact) mass is 372 g/mol. The first-order chi connectivity index (χ1) is 13.1. The number of aromatic nitrogens is 2. The van der Waals surface area contributed by atoms with Gasteiger partial charge in [0.2, 0.25) is 0 Å². The molecule has 0 saturated carbocycles. The van der Waals surface area contributed by atoms with Crippen LogP contribution in [0.1, 0.15) is 22.3 Å². The molecule has 0 aliphatic carbocycles. The molecule has 0 atom stereocenters. The third-order valence-corrected chi connectivity index (χ3v) is 5.06.